The summed E-state index contributed by atoms with van der Waals surface area (Å²) in [6, 6.07) is 53.9. The van der Waals surface area contributed by atoms with Gasteiger partial charge in [-0.1, -0.05) is 103 Å². The molecule has 0 atom stereocenters. The molecule has 2 aromatic heterocycles. The van der Waals surface area contributed by atoms with Crippen molar-refractivity contribution in [2.75, 3.05) is 4.90 Å². The number of anilines is 3. The Morgan fingerprint density at radius 1 is 0.432 bits per heavy atom. The maximum absolute atomic E-state index is 6.32. The Morgan fingerprint density at radius 3 is 1.98 bits per heavy atom. The fourth-order valence-corrected chi connectivity index (χ4v) is 6.61. The third-order valence-electron chi connectivity index (χ3n) is 8.69. The van der Waals surface area contributed by atoms with Crippen molar-refractivity contribution < 1.29 is 4.42 Å². The number of nitrogens with zero attached hydrogens (tertiary/aromatic N) is 2. The molecule has 9 rings (SSSR count). The number of fused-ring (bicyclic) bond motifs is 8. The highest BCUT2D eigenvalue weighted by molar-refractivity contribution is 6.21. The van der Waals surface area contributed by atoms with Gasteiger partial charge in [-0.15, -0.1) is 0 Å². The second-order valence-electron chi connectivity index (χ2n) is 11.2. The fourth-order valence-electron chi connectivity index (χ4n) is 6.61. The van der Waals surface area contributed by atoms with Gasteiger partial charge in [0.2, 0.25) is 0 Å². The van der Waals surface area contributed by atoms with Crippen LogP contribution in [0.1, 0.15) is 0 Å². The Bertz CT molecular complexity index is 2490. The van der Waals surface area contributed by atoms with Gasteiger partial charge in [0.05, 0.1) is 5.69 Å². The van der Waals surface area contributed by atoms with Crippen LogP contribution >= 0.6 is 0 Å². The number of pyridine rings is 1. The molecule has 0 unspecified atom stereocenters. The van der Waals surface area contributed by atoms with Crippen LogP contribution in [0.25, 0.3) is 65.5 Å². The summed E-state index contributed by atoms with van der Waals surface area (Å²) >= 11 is 0. The van der Waals surface area contributed by atoms with Gasteiger partial charge in [-0.05, 0) is 80.5 Å². The molecule has 7 aromatic carbocycles. The van der Waals surface area contributed by atoms with Crippen LogP contribution in [0.3, 0.4) is 0 Å². The molecule has 0 N–H and O–H groups in total. The molecule has 0 aliphatic rings. The van der Waals surface area contributed by atoms with E-state index in [-0.39, 0.29) is 0 Å². The molecule has 2 heterocycles. The highest BCUT2D eigenvalue weighted by atomic mass is 16.3. The summed E-state index contributed by atoms with van der Waals surface area (Å²) in [6.07, 6.45) is 1.82. The summed E-state index contributed by atoms with van der Waals surface area (Å²) in [7, 11) is 0. The zero-order valence-corrected chi connectivity index (χ0v) is 23.8. The molecule has 0 bridgehead atoms. The number of benzene rings is 7. The molecule has 206 valence electrons. The summed E-state index contributed by atoms with van der Waals surface area (Å²) in [6.45, 7) is 0. The lowest BCUT2D eigenvalue weighted by Gasteiger charge is -2.28. The van der Waals surface area contributed by atoms with Crippen LogP contribution < -0.4 is 4.90 Å². The van der Waals surface area contributed by atoms with E-state index in [1.807, 2.05) is 18.3 Å². The van der Waals surface area contributed by atoms with Gasteiger partial charge in [-0.2, -0.15) is 0 Å². The van der Waals surface area contributed by atoms with E-state index in [9.17, 15) is 0 Å². The van der Waals surface area contributed by atoms with Crippen LogP contribution in [0.5, 0.6) is 0 Å². The van der Waals surface area contributed by atoms with Gasteiger partial charge in [-0.3, -0.25) is 4.98 Å². The van der Waals surface area contributed by atoms with Crippen LogP contribution in [0.15, 0.2) is 162 Å². The fraction of sp³-hybridized carbons (Fsp3) is 0. The summed E-state index contributed by atoms with van der Waals surface area (Å²) in [4.78, 5) is 6.95. The van der Waals surface area contributed by atoms with Gasteiger partial charge in [0.1, 0.15) is 11.1 Å². The molecule has 0 aliphatic carbocycles. The lowest BCUT2D eigenvalue weighted by atomic mass is 9.95. The Labute approximate surface area is 254 Å². The minimum absolute atomic E-state index is 0.793. The van der Waals surface area contributed by atoms with Crippen LogP contribution in [0.2, 0.25) is 0 Å². The topological polar surface area (TPSA) is 29.3 Å². The van der Waals surface area contributed by atoms with Crippen molar-refractivity contribution in [1.29, 1.82) is 0 Å². The zero-order chi connectivity index (χ0) is 29.0. The first-order valence-corrected chi connectivity index (χ1v) is 14.9. The quantitative estimate of drug-likeness (QED) is 0.200. The molecule has 0 spiro atoms. The van der Waals surface area contributed by atoms with Crippen molar-refractivity contribution in [3.63, 3.8) is 0 Å². The van der Waals surface area contributed by atoms with E-state index < -0.39 is 0 Å². The van der Waals surface area contributed by atoms with Gasteiger partial charge >= 0.3 is 0 Å². The molecule has 0 aliphatic heterocycles. The van der Waals surface area contributed by atoms with Crippen LogP contribution in [0, 0.1) is 0 Å². The van der Waals surface area contributed by atoms with E-state index in [1.165, 1.54) is 43.4 Å². The van der Waals surface area contributed by atoms with Crippen molar-refractivity contribution in [3.05, 3.63) is 158 Å². The maximum atomic E-state index is 6.32. The normalized spacial score (nSPS) is 11.6. The van der Waals surface area contributed by atoms with Gasteiger partial charge in [0.15, 0.2) is 5.58 Å². The largest absolute Gasteiger partial charge is 0.454 e. The average molecular weight is 563 g/mol. The van der Waals surface area contributed by atoms with Gasteiger partial charge in [0.25, 0.3) is 0 Å². The second kappa shape index (κ2) is 9.82. The third-order valence-corrected chi connectivity index (χ3v) is 8.69. The number of hydrogen-bond donors (Lipinski definition) is 0. The first-order valence-electron chi connectivity index (χ1n) is 14.9. The maximum Gasteiger partial charge on any atom is 0.153 e. The van der Waals surface area contributed by atoms with E-state index in [2.05, 4.69) is 149 Å². The van der Waals surface area contributed by atoms with E-state index in [4.69, 9.17) is 4.42 Å². The van der Waals surface area contributed by atoms with E-state index >= 15 is 0 Å². The Hall–Kier alpha value is -5.93. The summed E-state index contributed by atoms with van der Waals surface area (Å²) < 4.78 is 6.32. The molecule has 0 radical (unpaired) electrons. The van der Waals surface area contributed by atoms with Crippen molar-refractivity contribution in [1.82, 2.24) is 4.98 Å². The summed E-state index contributed by atoms with van der Waals surface area (Å²) in [5.74, 6) is 0. The van der Waals surface area contributed by atoms with Crippen molar-refractivity contribution in [2.24, 2.45) is 0 Å². The van der Waals surface area contributed by atoms with Crippen molar-refractivity contribution in [2.45, 2.75) is 0 Å². The van der Waals surface area contributed by atoms with E-state index in [1.54, 1.807) is 0 Å². The van der Waals surface area contributed by atoms with Gasteiger partial charge in [-0.25, -0.2) is 0 Å². The lowest BCUT2D eigenvalue weighted by molar-refractivity contribution is 0.668. The Balaban J connectivity index is 1.33. The standard InChI is InChI=1S/C41H26N2O/c1-2-9-27(10-3-1)28-16-19-30(20-17-28)43(31-21-23-36-40(25-31)44-39-15-8-24-42-41(36)39)38-26-37-32-12-5-4-11-29(32)18-22-34(37)33-13-6-7-14-35(33)38/h1-26H. The first-order chi connectivity index (χ1) is 21.8. The lowest BCUT2D eigenvalue weighted by Crippen LogP contribution is -2.10. The number of aromatic nitrogens is 1. The monoisotopic (exact) mass is 562 g/mol. The molecule has 3 nitrogen and oxygen atoms in total. The molecule has 0 saturated heterocycles. The summed E-state index contributed by atoms with van der Waals surface area (Å²) in [5.41, 5.74) is 8.09. The van der Waals surface area contributed by atoms with E-state index in [0.717, 1.165) is 39.1 Å². The van der Waals surface area contributed by atoms with Gasteiger partial charge < -0.3 is 9.32 Å². The third kappa shape index (κ3) is 3.87. The SMILES string of the molecule is c1ccc(-c2ccc(N(c3ccc4c(c3)oc3cccnc34)c3cc4c5ccccc5ccc4c4ccccc34)cc2)cc1. The zero-order valence-electron chi connectivity index (χ0n) is 23.8. The second-order valence-corrected chi connectivity index (χ2v) is 11.2. The molecule has 0 fully saturated rings. The number of furan rings is 1. The van der Waals surface area contributed by atoms with Crippen LogP contribution in [-0.4, -0.2) is 4.98 Å². The highest BCUT2D eigenvalue weighted by Crippen LogP contribution is 2.44. The highest BCUT2D eigenvalue weighted by Gasteiger charge is 2.20. The predicted molar refractivity (Wildman–Crippen MR) is 184 cm³/mol. The molecular weight excluding hydrogens is 536 g/mol. The first kappa shape index (κ1) is 24.6. The minimum atomic E-state index is 0.793. The Kier molecular flexibility index (Phi) is 5.50. The molecule has 9 aromatic rings. The summed E-state index contributed by atoms with van der Waals surface area (Å²) in [5, 5.41) is 8.39. The van der Waals surface area contributed by atoms with Crippen molar-refractivity contribution in [3.8, 4) is 11.1 Å². The minimum Gasteiger partial charge on any atom is -0.454 e. The predicted octanol–water partition coefficient (Wildman–Crippen LogP) is 11.6. The Morgan fingerprint density at radius 2 is 1.11 bits per heavy atom. The van der Waals surface area contributed by atoms with Crippen molar-refractivity contribution >= 4 is 71.4 Å². The number of hydrogen-bond acceptors (Lipinski definition) is 3. The van der Waals surface area contributed by atoms with E-state index in [0.29, 0.717) is 0 Å². The molecule has 44 heavy (non-hydrogen) atoms. The molecule has 0 saturated carbocycles. The molecule has 3 heteroatoms. The van der Waals surface area contributed by atoms with Crippen LogP contribution in [0.4, 0.5) is 17.1 Å². The smallest absolute Gasteiger partial charge is 0.153 e. The van der Waals surface area contributed by atoms with Gasteiger partial charge in [0, 0.05) is 34.4 Å². The molecule has 0 amide bonds. The average Bonchev–Trinajstić information content (AvgIpc) is 3.47. The molecular formula is C41H26N2O. The van der Waals surface area contributed by atoms with Crippen LogP contribution in [-0.2, 0) is 0 Å². The number of rotatable bonds is 4.